The fraction of sp³-hybridized carbons (Fsp3) is 0.443. The summed E-state index contributed by atoms with van der Waals surface area (Å²) < 4.78 is 121. The molecule has 6 amide bonds. The van der Waals surface area contributed by atoms with Crippen LogP contribution in [-0.2, 0) is 0 Å². The summed E-state index contributed by atoms with van der Waals surface area (Å²) >= 11 is 1.27. The fourth-order valence-corrected chi connectivity index (χ4v) is 12.3. The molecule has 98 heavy (non-hydrogen) atoms. The third kappa shape index (κ3) is 15.4. The van der Waals surface area contributed by atoms with Gasteiger partial charge in [-0.3, -0.25) is 45.0 Å². The highest BCUT2D eigenvalue weighted by atomic mass is 32.1. The quantitative estimate of drug-likeness (QED) is 0.0387. The van der Waals surface area contributed by atoms with Crippen molar-refractivity contribution >= 4 is 109 Å². The molecule has 6 aliphatic heterocycles. The number of halogens is 9. The second-order valence-corrected chi connectivity index (χ2v) is 25.0. The van der Waals surface area contributed by atoms with Crippen molar-refractivity contribution in [3.05, 3.63) is 95.8 Å². The number of pyridine rings is 4. The molecule has 3 saturated heterocycles. The highest BCUT2D eigenvalue weighted by molar-refractivity contribution is 7.13. The van der Waals surface area contributed by atoms with E-state index in [0.717, 1.165) is 39.3 Å². The molecule has 3 fully saturated rings. The third-order valence-corrected chi connectivity index (χ3v) is 17.9. The van der Waals surface area contributed by atoms with Gasteiger partial charge in [-0.05, 0) is 61.7 Å². The number of amides is 6. The molecule has 0 saturated carbocycles. The van der Waals surface area contributed by atoms with Crippen LogP contribution in [0.25, 0.3) is 11.0 Å². The van der Waals surface area contributed by atoms with Gasteiger partial charge >= 0.3 is 36.6 Å². The number of anilines is 9. The average Bonchev–Trinajstić information content (AvgIpc) is 1.41. The van der Waals surface area contributed by atoms with Crippen LogP contribution in [0.1, 0.15) is 90.8 Å². The number of ketones is 3. The highest BCUT2D eigenvalue weighted by Crippen LogP contribution is 2.43. The number of hydrogen-bond acceptors (Lipinski definition) is 21. The van der Waals surface area contributed by atoms with Crippen molar-refractivity contribution in [2.24, 2.45) is 17.8 Å². The Labute approximate surface area is 554 Å². The number of hydrogen-bond donors (Lipinski definition) is 6. The smallest absolute Gasteiger partial charge is 0.391 e. The van der Waals surface area contributed by atoms with E-state index in [1.807, 2.05) is 4.90 Å². The molecule has 0 unspecified atom stereocenters. The first-order valence-corrected chi connectivity index (χ1v) is 31.7. The maximum absolute atomic E-state index is 13.2. The summed E-state index contributed by atoms with van der Waals surface area (Å²) in [4.78, 5) is 116. The first-order chi connectivity index (χ1) is 46.5. The second-order valence-electron chi connectivity index (χ2n) is 24.1. The summed E-state index contributed by atoms with van der Waals surface area (Å²) in [6, 6.07) is 11.6. The number of H-pyrrole nitrogens is 1. The Morgan fingerprint density at radius 1 is 0.592 bits per heavy atom. The summed E-state index contributed by atoms with van der Waals surface area (Å²) in [5.74, 6) is -6.34. The molecule has 6 aliphatic rings. The minimum absolute atomic E-state index is 0.0746. The van der Waals surface area contributed by atoms with Gasteiger partial charge in [0.15, 0.2) is 45.8 Å². The van der Waals surface area contributed by atoms with Crippen LogP contribution in [0.3, 0.4) is 0 Å². The summed E-state index contributed by atoms with van der Waals surface area (Å²) in [5, 5.41) is 36.1. The molecular formula is C61H63F9N18O9S. The van der Waals surface area contributed by atoms with Crippen LogP contribution in [0.2, 0.25) is 0 Å². The Morgan fingerprint density at radius 3 is 1.43 bits per heavy atom. The molecule has 7 aromatic rings. The Balaban J connectivity index is 0.000000150. The number of aliphatic hydroxyl groups is 2. The molecule has 7 atom stereocenters. The first-order valence-electron chi connectivity index (χ1n) is 30.8. The lowest BCUT2D eigenvalue weighted by Gasteiger charge is -2.35. The van der Waals surface area contributed by atoms with Gasteiger partial charge in [0.2, 0.25) is 5.88 Å². The molecule has 7 aromatic heterocycles. The van der Waals surface area contributed by atoms with E-state index in [9.17, 15) is 73.4 Å². The van der Waals surface area contributed by atoms with Crippen molar-refractivity contribution < 1.29 is 83.2 Å². The van der Waals surface area contributed by atoms with Crippen molar-refractivity contribution in [3.63, 3.8) is 0 Å². The number of aromatic nitrogens is 9. The Bertz CT molecular complexity index is 4110. The SMILES string of the molecule is C[C@@H](CC(=O)c1ccc2c(n1)N(C(=O)Nc1cc3nc[nH]c3cn1)[C@H]1CCN2C1)C(F)(F)F.C[C@@H](CC(=O)c1ccc2c(n1)N(C(=O)Nc1ccc(OC[C@H](O)CO)nn1)[C@H]1CCN2C1)C(F)(F)F.C[C@@H](CC(=O)c1ccc2c(n1)N(C(=O)Nc1nccs1)[C@H]1CCN2C1)C(F)(F)F. The topological polar surface area (TPSA) is 327 Å². The molecule has 0 radical (unpaired) electrons. The number of nitrogens with zero attached hydrogens (tertiary/aromatic N) is 14. The molecule has 6 N–H and O–H groups in total. The number of nitrogens with one attached hydrogen (secondary N) is 4. The number of urea groups is 3. The monoisotopic (exact) mass is 1390 g/mol. The largest absolute Gasteiger partial charge is 0.474 e. The second kappa shape index (κ2) is 28.3. The van der Waals surface area contributed by atoms with Crippen LogP contribution in [0.5, 0.6) is 5.88 Å². The van der Waals surface area contributed by atoms with Crippen LogP contribution >= 0.6 is 11.3 Å². The van der Waals surface area contributed by atoms with E-state index in [4.69, 9.17) is 9.84 Å². The number of alkyl halides is 9. The van der Waals surface area contributed by atoms with Crippen molar-refractivity contribution in [3.8, 4) is 5.88 Å². The van der Waals surface area contributed by atoms with E-state index in [2.05, 4.69) is 70.8 Å². The standard InChI is InChI=1S/C22H25F3N6O5.C21H20F3N7O2.C18H18F3N5O2S/c1-12(22(23,24)25)8-17(34)15-2-3-16-20(26-15)31(13-6-7-30(16)9-13)21(35)27-18-4-5-19(29-28-18)36-11-14(33)10-32;1-11(21(22,23)24)6-17(32)13-2-3-16-19(28-13)31(12-4-5-30(16)9-12)20(33)29-18-7-14-15(8-25-18)27-10-26-14;1-10(18(19,20)21)8-14(27)12-2-3-13-15(23-12)26(11-4-6-25(13)9-11)17(28)24-16-22-5-7-29-16/h2-5,12-14,32-33H,6-11H2,1H3,(H,27,28,35);2-3,7-8,10-12H,4-6,9H2,1H3,(H,26,27)(H,25,29,33);2-3,5,7,10-11H,4,6,8-9H2,1H3,(H,22,24,28)/t12-,13-,14+;11-,12-;10-,11-/m000/s1. The summed E-state index contributed by atoms with van der Waals surface area (Å²) in [7, 11) is 0. The Hall–Kier alpha value is -9.91. The van der Waals surface area contributed by atoms with Gasteiger partial charge in [0.1, 0.15) is 35.6 Å². The van der Waals surface area contributed by atoms with Crippen molar-refractivity contribution in [1.29, 1.82) is 0 Å². The summed E-state index contributed by atoms with van der Waals surface area (Å²) in [6.45, 7) is 6.10. The number of ether oxygens (including phenoxy) is 1. The number of aliphatic hydroxyl groups excluding tert-OH is 2. The lowest BCUT2D eigenvalue weighted by atomic mass is 10.0. The van der Waals surface area contributed by atoms with Crippen LogP contribution in [0, 0.1) is 17.8 Å². The minimum Gasteiger partial charge on any atom is -0.474 e. The molecule has 13 heterocycles. The minimum atomic E-state index is -4.50. The number of thiazole rings is 1. The van der Waals surface area contributed by atoms with E-state index in [0.29, 0.717) is 84.9 Å². The first kappa shape index (κ1) is 69.4. The number of rotatable bonds is 16. The predicted octanol–water partition coefficient (Wildman–Crippen LogP) is 9.70. The molecule has 520 valence electrons. The van der Waals surface area contributed by atoms with E-state index >= 15 is 0 Å². The molecule has 13 rings (SSSR count). The molecule has 27 nitrogen and oxygen atoms in total. The molecule has 0 aliphatic carbocycles. The van der Waals surface area contributed by atoms with Crippen LogP contribution in [0.15, 0.2) is 78.7 Å². The van der Waals surface area contributed by atoms with Crippen molar-refractivity contribution in [2.75, 3.05) is 97.8 Å². The molecule has 37 heteroatoms. The van der Waals surface area contributed by atoms with Gasteiger partial charge in [0.25, 0.3) is 0 Å². The molecule has 6 bridgehead atoms. The normalized spacial score (nSPS) is 18.6. The van der Waals surface area contributed by atoms with Gasteiger partial charge in [-0.25, -0.2) is 44.3 Å². The molecule has 0 spiro atoms. The lowest BCUT2D eigenvalue weighted by molar-refractivity contribution is -0.169. The van der Waals surface area contributed by atoms with E-state index in [1.165, 1.54) is 62.7 Å². The average molecular weight is 1400 g/mol. The van der Waals surface area contributed by atoms with Crippen molar-refractivity contribution in [2.45, 2.75) is 102 Å². The van der Waals surface area contributed by atoms with Gasteiger partial charge in [-0.2, -0.15) is 39.5 Å². The number of aromatic amines is 1. The van der Waals surface area contributed by atoms with Crippen LogP contribution in [0.4, 0.5) is 105 Å². The zero-order valence-corrected chi connectivity index (χ0v) is 53.1. The van der Waals surface area contributed by atoms with Gasteiger partial charge in [-0.1, -0.05) is 20.8 Å². The predicted molar refractivity (Wildman–Crippen MR) is 338 cm³/mol. The highest BCUT2D eigenvalue weighted by Gasteiger charge is 2.46. The third-order valence-electron chi connectivity index (χ3n) is 17.2. The van der Waals surface area contributed by atoms with Gasteiger partial charge in [0, 0.05) is 82.2 Å². The number of carbonyl (C=O) groups excluding carboxylic acids is 6. The Morgan fingerprint density at radius 2 is 1.03 bits per heavy atom. The lowest BCUT2D eigenvalue weighted by Crippen LogP contribution is -2.48. The maximum Gasteiger partial charge on any atom is 0.391 e. The maximum atomic E-state index is 13.2. The van der Waals surface area contributed by atoms with Crippen LogP contribution < -0.4 is 50.1 Å². The zero-order chi connectivity index (χ0) is 70.1. The van der Waals surface area contributed by atoms with Gasteiger partial charge in [0.05, 0.1) is 83.1 Å². The van der Waals surface area contributed by atoms with E-state index in [1.54, 1.807) is 42.0 Å². The van der Waals surface area contributed by atoms with E-state index < -0.39 is 104 Å². The number of fused-ring (bicyclic) bond motifs is 13. The van der Waals surface area contributed by atoms with Crippen molar-refractivity contribution in [1.82, 2.24) is 45.1 Å². The van der Waals surface area contributed by atoms with E-state index in [-0.39, 0.29) is 65.1 Å². The van der Waals surface area contributed by atoms with Crippen LogP contribution in [-0.4, -0.2) is 186 Å². The number of imidazole rings is 1. The van der Waals surface area contributed by atoms with Gasteiger partial charge < -0.3 is 34.6 Å². The van der Waals surface area contributed by atoms with Gasteiger partial charge in [-0.15, -0.1) is 21.5 Å². The fourth-order valence-electron chi connectivity index (χ4n) is 11.8. The summed E-state index contributed by atoms with van der Waals surface area (Å²) in [5.41, 5.74) is 3.00. The number of carbonyl (C=O) groups is 6. The zero-order valence-electron chi connectivity index (χ0n) is 52.3. The number of Topliss-reactive ketones (excluding diaryl/α,β-unsaturated/α-hetero) is 3. The summed E-state index contributed by atoms with van der Waals surface area (Å²) in [6.07, 6.45) is -9.91. The molecular weight excluding hydrogens is 1330 g/mol. The Kier molecular flexibility index (Phi) is 20.0. The molecule has 0 aromatic carbocycles.